The average molecular weight is 317 g/mol. The predicted octanol–water partition coefficient (Wildman–Crippen LogP) is 2.19. The van der Waals surface area contributed by atoms with Crippen molar-refractivity contribution in [2.45, 2.75) is 6.42 Å². The Hall–Kier alpha value is -2.14. The van der Waals surface area contributed by atoms with Crippen molar-refractivity contribution in [2.24, 2.45) is 28.8 Å². The summed E-state index contributed by atoms with van der Waals surface area (Å²) < 4.78 is 0. The first-order chi connectivity index (χ1) is 10.6. The van der Waals surface area contributed by atoms with Crippen molar-refractivity contribution in [3.05, 3.63) is 40.9 Å². The number of hydrogen-bond acceptors (Lipinski definition) is 4. The smallest absolute Gasteiger partial charge is 0.254 e. The first-order valence-electron chi connectivity index (χ1n) is 7.15. The van der Waals surface area contributed by atoms with Crippen molar-refractivity contribution in [3.8, 4) is 5.75 Å². The summed E-state index contributed by atoms with van der Waals surface area (Å²) in [5.74, 6) is -0.721. The summed E-state index contributed by atoms with van der Waals surface area (Å²) in [6.45, 7) is 0. The minimum Gasteiger partial charge on any atom is -0.507 e. The molecule has 1 aromatic rings. The van der Waals surface area contributed by atoms with Crippen molar-refractivity contribution in [1.82, 2.24) is 5.01 Å². The fourth-order valence-corrected chi connectivity index (χ4v) is 3.93. The zero-order valence-corrected chi connectivity index (χ0v) is 12.3. The number of phenols is 1. The molecule has 0 unspecified atom stereocenters. The number of hydrogen-bond donors (Lipinski definition) is 1. The standard InChI is InChI=1S/C16H13ClN2O3/c17-11-3-4-12(20)10(6-11)7-18-19-15(21)13-8-1-2-9(5-8)14(13)16(19)22/h1-4,6-9,13-14,20H,5H2/t8-,9-,13-,14+/m0/s1. The molecule has 4 atom stereocenters. The molecule has 2 aliphatic carbocycles. The lowest BCUT2D eigenvalue weighted by atomic mass is 9.85. The second-order valence-corrected chi connectivity index (χ2v) is 6.37. The van der Waals surface area contributed by atoms with Crippen LogP contribution in [0.4, 0.5) is 0 Å². The van der Waals surface area contributed by atoms with Crippen molar-refractivity contribution in [2.75, 3.05) is 0 Å². The summed E-state index contributed by atoms with van der Waals surface area (Å²) in [6.07, 6.45) is 6.26. The highest BCUT2D eigenvalue weighted by atomic mass is 35.5. The minimum atomic E-state index is -0.271. The van der Waals surface area contributed by atoms with Gasteiger partial charge in [0.2, 0.25) is 0 Å². The van der Waals surface area contributed by atoms with Gasteiger partial charge in [0.1, 0.15) is 5.75 Å². The van der Waals surface area contributed by atoms with Crippen LogP contribution in [0.1, 0.15) is 12.0 Å². The Morgan fingerprint density at radius 3 is 2.45 bits per heavy atom. The SMILES string of the molecule is O=C1[C@@H]2[C@H](C(=O)N1N=Cc1cc(Cl)ccc1O)[C@H]1C=C[C@H]2C1. The molecule has 1 N–H and O–H groups in total. The van der Waals surface area contributed by atoms with Crippen molar-refractivity contribution < 1.29 is 14.7 Å². The maximum atomic E-state index is 12.4. The molecular formula is C16H13ClN2O3. The van der Waals surface area contributed by atoms with Crippen LogP contribution in [0.25, 0.3) is 0 Å². The molecule has 2 amide bonds. The van der Waals surface area contributed by atoms with Gasteiger partial charge in [0.05, 0.1) is 18.1 Å². The van der Waals surface area contributed by atoms with E-state index >= 15 is 0 Å². The molecule has 1 aliphatic heterocycles. The molecule has 22 heavy (non-hydrogen) atoms. The second-order valence-electron chi connectivity index (χ2n) is 5.94. The van der Waals surface area contributed by atoms with Crippen LogP contribution in [0, 0.1) is 23.7 Å². The van der Waals surface area contributed by atoms with E-state index in [9.17, 15) is 14.7 Å². The highest BCUT2D eigenvalue weighted by molar-refractivity contribution is 6.30. The minimum absolute atomic E-state index is 0.00539. The molecule has 1 saturated carbocycles. The quantitative estimate of drug-likeness (QED) is 0.516. The van der Waals surface area contributed by atoms with E-state index in [4.69, 9.17) is 11.6 Å². The van der Waals surface area contributed by atoms with Crippen molar-refractivity contribution in [1.29, 1.82) is 0 Å². The number of imide groups is 1. The van der Waals surface area contributed by atoms with Gasteiger partial charge in [-0.05, 0) is 36.5 Å². The molecule has 4 rings (SSSR count). The summed E-state index contributed by atoms with van der Waals surface area (Å²) in [6, 6.07) is 4.52. The Morgan fingerprint density at radius 1 is 1.18 bits per heavy atom. The van der Waals surface area contributed by atoms with Crippen LogP contribution in [0.3, 0.4) is 0 Å². The Kier molecular flexibility index (Phi) is 2.87. The first kappa shape index (κ1) is 13.5. The van der Waals surface area contributed by atoms with Gasteiger partial charge >= 0.3 is 0 Å². The molecule has 3 aliphatic rings. The molecule has 5 nitrogen and oxygen atoms in total. The topological polar surface area (TPSA) is 70.0 Å². The van der Waals surface area contributed by atoms with Gasteiger partial charge in [-0.1, -0.05) is 23.8 Å². The largest absolute Gasteiger partial charge is 0.507 e. The van der Waals surface area contributed by atoms with E-state index in [0.29, 0.717) is 10.6 Å². The normalized spacial score (nSPS) is 32.5. The Labute approximate surface area is 131 Å². The van der Waals surface area contributed by atoms with Crippen LogP contribution < -0.4 is 0 Å². The van der Waals surface area contributed by atoms with E-state index in [1.807, 2.05) is 12.2 Å². The van der Waals surface area contributed by atoms with Crippen molar-refractivity contribution >= 4 is 29.6 Å². The number of carbonyl (C=O) groups excluding carboxylic acids is 2. The summed E-state index contributed by atoms with van der Waals surface area (Å²) >= 11 is 5.87. The maximum absolute atomic E-state index is 12.4. The molecule has 2 bridgehead atoms. The van der Waals surface area contributed by atoms with E-state index < -0.39 is 0 Å². The van der Waals surface area contributed by atoms with Gasteiger partial charge in [-0.3, -0.25) is 9.59 Å². The van der Waals surface area contributed by atoms with Crippen LogP contribution >= 0.6 is 11.6 Å². The summed E-state index contributed by atoms with van der Waals surface area (Å²) in [4.78, 5) is 24.9. The van der Waals surface area contributed by atoms with E-state index in [2.05, 4.69) is 5.10 Å². The number of benzene rings is 1. The number of nitrogens with zero attached hydrogens (tertiary/aromatic N) is 2. The van der Waals surface area contributed by atoms with Gasteiger partial charge in [0.25, 0.3) is 11.8 Å². The molecule has 1 aromatic carbocycles. The van der Waals surface area contributed by atoms with E-state index in [1.165, 1.54) is 18.3 Å². The van der Waals surface area contributed by atoms with Crippen molar-refractivity contribution in [3.63, 3.8) is 0 Å². The monoisotopic (exact) mass is 316 g/mol. The predicted molar refractivity (Wildman–Crippen MR) is 80.3 cm³/mol. The number of halogens is 1. The van der Waals surface area contributed by atoms with E-state index in [-0.39, 0.29) is 41.2 Å². The van der Waals surface area contributed by atoms with Crippen LogP contribution in [0.5, 0.6) is 5.75 Å². The van der Waals surface area contributed by atoms with E-state index in [0.717, 1.165) is 11.4 Å². The fourth-order valence-electron chi connectivity index (χ4n) is 3.75. The van der Waals surface area contributed by atoms with E-state index in [1.54, 1.807) is 6.07 Å². The third kappa shape index (κ3) is 1.82. The van der Waals surface area contributed by atoms with Crippen LogP contribution in [0.15, 0.2) is 35.5 Å². The van der Waals surface area contributed by atoms with Gasteiger partial charge in [-0.15, -0.1) is 0 Å². The molecule has 0 radical (unpaired) electrons. The summed E-state index contributed by atoms with van der Waals surface area (Å²) in [5.41, 5.74) is 0.367. The zero-order valence-electron chi connectivity index (χ0n) is 11.5. The van der Waals surface area contributed by atoms with Gasteiger partial charge < -0.3 is 5.11 Å². The third-order valence-electron chi connectivity index (χ3n) is 4.75. The Bertz CT molecular complexity index is 713. The number of rotatable bonds is 2. The Morgan fingerprint density at radius 2 is 1.82 bits per heavy atom. The molecule has 1 heterocycles. The van der Waals surface area contributed by atoms with Gasteiger partial charge in [-0.25, -0.2) is 0 Å². The van der Waals surface area contributed by atoms with Crippen LogP contribution in [-0.2, 0) is 9.59 Å². The van der Waals surface area contributed by atoms with Gasteiger partial charge in [0.15, 0.2) is 0 Å². The summed E-state index contributed by atoms with van der Waals surface area (Å²) in [5, 5.41) is 15.1. The number of allylic oxidation sites excluding steroid dienone is 2. The van der Waals surface area contributed by atoms with Crippen LogP contribution in [0.2, 0.25) is 5.02 Å². The van der Waals surface area contributed by atoms with Gasteiger partial charge in [0, 0.05) is 10.6 Å². The first-order valence-corrected chi connectivity index (χ1v) is 7.52. The molecule has 2 fully saturated rings. The summed E-state index contributed by atoms with van der Waals surface area (Å²) in [7, 11) is 0. The molecule has 0 spiro atoms. The number of hydrazone groups is 1. The number of phenolic OH excluding ortho intramolecular Hbond substituents is 1. The lowest BCUT2D eigenvalue weighted by Gasteiger charge is -2.13. The lowest BCUT2D eigenvalue weighted by Crippen LogP contribution is -2.28. The lowest BCUT2D eigenvalue weighted by molar-refractivity contribution is -0.140. The molecule has 1 saturated heterocycles. The number of aromatic hydroxyl groups is 1. The van der Waals surface area contributed by atoms with Gasteiger partial charge in [-0.2, -0.15) is 10.1 Å². The highest BCUT2D eigenvalue weighted by Gasteiger charge is 2.59. The molecular weight excluding hydrogens is 304 g/mol. The average Bonchev–Trinajstić information content (AvgIpc) is 3.16. The number of amides is 2. The highest BCUT2D eigenvalue weighted by Crippen LogP contribution is 2.52. The zero-order chi connectivity index (χ0) is 15.4. The third-order valence-corrected chi connectivity index (χ3v) is 4.98. The van der Waals surface area contributed by atoms with Crippen LogP contribution in [-0.4, -0.2) is 28.1 Å². The number of fused-ring (bicyclic) bond motifs is 5. The second kappa shape index (κ2) is 4.68. The molecule has 6 heteroatoms. The Balaban J connectivity index is 1.62. The molecule has 0 aromatic heterocycles. The fraction of sp³-hybridized carbons (Fsp3) is 0.312. The molecule has 112 valence electrons. The maximum Gasteiger partial charge on any atom is 0.254 e. The number of carbonyl (C=O) groups is 2.